The third-order valence-corrected chi connectivity index (χ3v) is 12.8. The Kier molecular flexibility index (Phi) is 13.9. The van der Waals surface area contributed by atoms with Crippen molar-refractivity contribution in [1.29, 1.82) is 0 Å². The second-order valence-corrected chi connectivity index (χ2v) is 17.0. The minimum absolute atomic E-state index is 0.0577. The molecule has 1 fully saturated rings. The highest BCUT2D eigenvalue weighted by Crippen LogP contribution is 2.46. The van der Waals surface area contributed by atoms with Crippen molar-refractivity contribution in [3.8, 4) is 22.3 Å². The van der Waals surface area contributed by atoms with E-state index < -0.39 is 53.1 Å². The first-order chi connectivity index (χ1) is 31.6. The number of alkyl carbamates (subject to hydrolysis) is 1. The van der Waals surface area contributed by atoms with E-state index in [0.717, 1.165) is 55.6 Å². The summed E-state index contributed by atoms with van der Waals surface area (Å²) < 4.78 is 51.2. The minimum atomic E-state index is -4.47. The maximum Gasteiger partial charge on any atom is 0.426 e. The van der Waals surface area contributed by atoms with Gasteiger partial charge in [0.15, 0.2) is 6.04 Å². The van der Waals surface area contributed by atoms with E-state index in [4.69, 9.17) is 34.7 Å². The Morgan fingerprint density at radius 1 is 0.585 bits per heavy atom. The van der Waals surface area contributed by atoms with E-state index in [9.17, 15) is 27.6 Å². The molecule has 1 saturated heterocycles. The summed E-state index contributed by atoms with van der Waals surface area (Å²) in [4.78, 5) is 50.1. The number of esters is 2. The molecule has 6 aromatic rings. The van der Waals surface area contributed by atoms with Crippen molar-refractivity contribution in [1.82, 2.24) is 9.62 Å². The highest BCUT2D eigenvalue weighted by molar-refractivity contribution is 7.85. The molecular weight excluding hydrogens is 872 g/mol. The second kappa shape index (κ2) is 20.2. The summed E-state index contributed by atoms with van der Waals surface area (Å²) in [6.07, 6.45) is -1.88. The van der Waals surface area contributed by atoms with Crippen LogP contribution in [0.15, 0.2) is 158 Å². The molecule has 2 atom stereocenters. The maximum atomic E-state index is 12.9. The van der Waals surface area contributed by atoms with Gasteiger partial charge in [-0.15, -0.1) is 11.6 Å². The lowest BCUT2D eigenvalue weighted by Crippen LogP contribution is -2.45. The largest absolute Gasteiger partial charge is 0.459 e. The standard InChI is InChI=1S/C25H22ClNO4.C25H21NO7S/c26-14-23(24(28)30-15-17-8-2-1-3-9-17)27-25(29)31-16-22-20-12-6-4-10-18(20)19-11-5-7-13-21(19)22;27-24(31-14-17-8-2-1-3-9-17)23-16-33-34(29,30)26(23)25(28)32-15-22-20-12-6-4-10-18(20)19-11-5-7-13-21(19)22/h1-13,22-23H,14-16H2,(H,27,29);1-13,22-23H,14-16H2/t2*23-/m00/s1. The zero-order valence-electron chi connectivity index (χ0n) is 34.8. The number of hydrogen-bond donors (Lipinski definition) is 1. The number of nitrogens with one attached hydrogen (secondary N) is 1. The van der Waals surface area contributed by atoms with Crippen LogP contribution >= 0.6 is 11.6 Å². The average Bonchev–Trinajstić information content (AvgIpc) is 3.97. The first kappa shape index (κ1) is 44.6. The number of hydrogen-bond acceptors (Lipinski definition) is 11. The van der Waals surface area contributed by atoms with Crippen LogP contribution in [-0.2, 0) is 56.2 Å². The van der Waals surface area contributed by atoms with Crippen LogP contribution in [0.4, 0.5) is 9.59 Å². The fourth-order valence-electron chi connectivity index (χ4n) is 8.07. The smallest absolute Gasteiger partial charge is 0.426 e. The molecule has 0 radical (unpaired) electrons. The van der Waals surface area contributed by atoms with Crippen LogP contribution in [-0.4, -0.2) is 74.6 Å². The van der Waals surface area contributed by atoms with Gasteiger partial charge in [0.05, 0.1) is 5.88 Å². The molecule has 0 bridgehead atoms. The van der Waals surface area contributed by atoms with Crippen LogP contribution in [0.1, 0.15) is 45.2 Å². The van der Waals surface area contributed by atoms with E-state index in [1.807, 2.05) is 121 Å². The number of benzene rings is 6. The fraction of sp³-hybridized carbons (Fsp3) is 0.200. The number of nitrogens with zero attached hydrogens (tertiary/aromatic N) is 1. The van der Waals surface area contributed by atoms with Crippen molar-refractivity contribution < 1.29 is 50.7 Å². The van der Waals surface area contributed by atoms with Crippen LogP contribution in [0.3, 0.4) is 0 Å². The van der Waals surface area contributed by atoms with Gasteiger partial charge in [-0.3, -0.25) is 4.18 Å². The second-order valence-electron chi connectivity index (χ2n) is 15.2. The summed E-state index contributed by atoms with van der Waals surface area (Å²) in [5, 5.41) is 2.51. The zero-order valence-corrected chi connectivity index (χ0v) is 36.4. The third-order valence-electron chi connectivity index (χ3n) is 11.2. The molecule has 1 N–H and O–H groups in total. The molecule has 2 aliphatic carbocycles. The molecule has 13 nitrogen and oxygen atoms in total. The van der Waals surface area contributed by atoms with Crippen molar-refractivity contribution in [2.24, 2.45) is 0 Å². The van der Waals surface area contributed by atoms with Gasteiger partial charge in [-0.25, -0.2) is 19.2 Å². The van der Waals surface area contributed by atoms with E-state index >= 15 is 0 Å². The molecule has 6 aromatic carbocycles. The van der Waals surface area contributed by atoms with Gasteiger partial charge >= 0.3 is 34.4 Å². The van der Waals surface area contributed by atoms with Crippen LogP contribution in [0.2, 0.25) is 0 Å². The quantitative estimate of drug-likeness (QED) is 0.0712. The monoisotopic (exact) mass is 914 g/mol. The Morgan fingerprint density at radius 3 is 1.46 bits per heavy atom. The molecule has 15 heteroatoms. The molecule has 0 spiro atoms. The van der Waals surface area contributed by atoms with Crippen LogP contribution < -0.4 is 5.32 Å². The summed E-state index contributed by atoms with van der Waals surface area (Å²) in [6, 6.07) is 47.5. The molecule has 0 unspecified atom stereocenters. The lowest BCUT2D eigenvalue weighted by Gasteiger charge is -2.21. The predicted molar refractivity (Wildman–Crippen MR) is 241 cm³/mol. The van der Waals surface area contributed by atoms with Crippen molar-refractivity contribution in [3.05, 3.63) is 191 Å². The highest BCUT2D eigenvalue weighted by atomic mass is 35.5. The number of rotatable bonds is 12. The van der Waals surface area contributed by atoms with Gasteiger partial charge in [-0.2, -0.15) is 12.7 Å². The van der Waals surface area contributed by atoms with Crippen LogP contribution in [0, 0.1) is 0 Å². The number of alkyl halides is 1. The first-order valence-corrected chi connectivity index (χ1v) is 22.6. The van der Waals surface area contributed by atoms with Crippen LogP contribution in [0.5, 0.6) is 0 Å². The van der Waals surface area contributed by atoms with Gasteiger partial charge in [0.25, 0.3) is 0 Å². The molecule has 3 aliphatic rings. The fourth-order valence-corrected chi connectivity index (χ4v) is 9.38. The summed E-state index contributed by atoms with van der Waals surface area (Å²) in [5.41, 5.74) is 10.2. The summed E-state index contributed by atoms with van der Waals surface area (Å²) in [6.45, 7) is -0.410. The van der Waals surface area contributed by atoms with Gasteiger partial charge in [-0.05, 0) is 55.6 Å². The maximum absolute atomic E-state index is 12.9. The number of amides is 2. The van der Waals surface area contributed by atoms with Gasteiger partial charge < -0.3 is 24.3 Å². The normalized spacial score (nSPS) is 15.8. The van der Waals surface area contributed by atoms with E-state index in [1.165, 1.54) is 0 Å². The number of fused-ring (bicyclic) bond motifs is 6. The van der Waals surface area contributed by atoms with E-state index in [2.05, 4.69) is 17.4 Å². The Bertz CT molecular complexity index is 2700. The van der Waals surface area contributed by atoms with Gasteiger partial charge in [0, 0.05) is 11.8 Å². The number of halogens is 1. The predicted octanol–water partition coefficient (Wildman–Crippen LogP) is 8.50. The SMILES string of the molecule is O=C(N[C@@H](CCl)C(=O)OCc1ccccc1)OCC1c2ccccc2-c2ccccc21.O=C(OCc1ccccc1)[C@@H]1COS(=O)(=O)N1C(=O)OCC1c2ccccc2-c2ccccc21. The summed E-state index contributed by atoms with van der Waals surface area (Å²) in [5.74, 6) is -1.92. The molecule has 1 aliphatic heterocycles. The molecule has 0 aromatic heterocycles. The van der Waals surface area contributed by atoms with E-state index in [0.29, 0.717) is 4.31 Å². The zero-order chi connectivity index (χ0) is 45.3. The molecule has 0 saturated carbocycles. The first-order valence-electron chi connectivity index (χ1n) is 20.7. The van der Waals surface area contributed by atoms with Crippen molar-refractivity contribution in [2.75, 3.05) is 25.7 Å². The summed E-state index contributed by atoms with van der Waals surface area (Å²) >= 11 is 5.88. The van der Waals surface area contributed by atoms with E-state index in [-0.39, 0.29) is 44.1 Å². The Hall–Kier alpha value is -7.00. The third kappa shape index (κ3) is 10.0. The lowest BCUT2D eigenvalue weighted by molar-refractivity contribution is -0.149. The molecule has 332 valence electrons. The Morgan fingerprint density at radius 2 is 1.00 bits per heavy atom. The van der Waals surface area contributed by atoms with Gasteiger partial charge in [0.2, 0.25) is 0 Å². The topological polar surface area (TPSA) is 164 Å². The van der Waals surface area contributed by atoms with Gasteiger partial charge in [0.1, 0.15) is 39.1 Å². The van der Waals surface area contributed by atoms with Crippen molar-refractivity contribution in [2.45, 2.75) is 37.1 Å². The number of ether oxygens (including phenoxy) is 4. The highest BCUT2D eigenvalue weighted by Gasteiger charge is 2.49. The van der Waals surface area contributed by atoms with Crippen LogP contribution in [0.25, 0.3) is 22.3 Å². The molecular formula is C50H43ClN2O11S. The molecule has 9 rings (SSSR count). The molecule has 65 heavy (non-hydrogen) atoms. The minimum Gasteiger partial charge on any atom is -0.459 e. The summed E-state index contributed by atoms with van der Waals surface area (Å²) in [7, 11) is -4.47. The number of carbonyl (C=O) groups excluding carboxylic acids is 4. The van der Waals surface area contributed by atoms with Gasteiger partial charge in [-0.1, -0.05) is 158 Å². The average molecular weight is 915 g/mol. The Labute approximate surface area is 381 Å². The Balaban J connectivity index is 0.000000178. The number of carbonyl (C=O) groups is 4. The van der Waals surface area contributed by atoms with Crippen molar-refractivity contribution >= 4 is 46.0 Å². The van der Waals surface area contributed by atoms with E-state index in [1.54, 1.807) is 24.3 Å². The van der Waals surface area contributed by atoms with Crippen molar-refractivity contribution in [3.63, 3.8) is 0 Å². The molecule has 2 amide bonds. The lowest BCUT2D eigenvalue weighted by atomic mass is 9.98. The molecule has 1 heterocycles.